The summed E-state index contributed by atoms with van der Waals surface area (Å²) in [5.41, 5.74) is 32.0. The third kappa shape index (κ3) is 9.51. The van der Waals surface area contributed by atoms with Crippen molar-refractivity contribution in [1.29, 1.82) is 0 Å². The molecule has 1 heterocycles. The molecule has 0 spiro atoms. The van der Waals surface area contributed by atoms with Gasteiger partial charge in [-0.15, -0.1) is 0 Å². The van der Waals surface area contributed by atoms with Crippen molar-refractivity contribution in [3.63, 3.8) is 0 Å². The highest BCUT2D eigenvalue weighted by Crippen LogP contribution is 2.54. The van der Waals surface area contributed by atoms with Crippen LogP contribution in [0.2, 0.25) is 0 Å². The van der Waals surface area contributed by atoms with Crippen LogP contribution in [-0.4, -0.2) is 6.71 Å². The molecule has 1 aliphatic heterocycles. The molecule has 3 aliphatic carbocycles. The van der Waals surface area contributed by atoms with Gasteiger partial charge < -0.3 is 4.90 Å². The molecule has 426 valence electrons. The predicted molar refractivity (Wildman–Crippen MR) is 359 cm³/mol. The number of nitrogens with zero attached hydrogens (tertiary/aromatic N) is 1. The topological polar surface area (TPSA) is 3.24 Å². The lowest BCUT2D eigenvalue weighted by atomic mass is 9.31. The van der Waals surface area contributed by atoms with Crippen LogP contribution in [0.4, 0.5) is 17.1 Å². The molecule has 2 atom stereocenters. The summed E-state index contributed by atoms with van der Waals surface area (Å²) in [5.74, 6) is 0.299. The summed E-state index contributed by atoms with van der Waals surface area (Å²) < 4.78 is 0. The maximum atomic E-state index is 2.77. The first-order chi connectivity index (χ1) is 39.0. The predicted octanol–water partition coefficient (Wildman–Crippen LogP) is 19.4. The van der Waals surface area contributed by atoms with Gasteiger partial charge >= 0.3 is 0 Å². The molecule has 0 saturated heterocycles. The summed E-state index contributed by atoms with van der Waals surface area (Å²) in [6, 6.07) is 62.2. The molecular formula is C81H94BN. The van der Waals surface area contributed by atoms with Crippen LogP contribution >= 0.6 is 0 Å². The van der Waals surface area contributed by atoms with Crippen LogP contribution in [0, 0.1) is 20.8 Å². The Morgan fingerprint density at radius 3 is 1.59 bits per heavy atom. The van der Waals surface area contributed by atoms with Gasteiger partial charge in [-0.1, -0.05) is 247 Å². The zero-order valence-corrected chi connectivity index (χ0v) is 53.9. The van der Waals surface area contributed by atoms with Crippen LogP contribution in [0.3, 0.4) is 0 Å². The van der Waals surface area contributed by atoms with Crippen LogP contribution in [-0.2, 0) is 44.3 Å². The second kappa shape index (κ2) is 19.9. The molecule has 0 aromatic heterocycles. The summed E-state index contributed by atoms with van der Waals surface area (Å²) in [6.45, 7) is 44.6. The van der Waals surface area contributed by atoms with E-state index in [1.807, 2.05) is 0 Å². The summed E-state index contributed by atoms with van der Waals surface area (Å²) in [6.07, 6.45) is 6.73. The minimum atomic E-state index is -0.232. The van der Waals surface area contributed by atoms with E-state index in [-0.39, 0.29) is 56.5 Å². The second-order valence-corrected chi connectivity index (χ2v) is 31.1. The average Bonchev–Trinajstić information content (AvgIpc) is 3.49. The fourth-order valence-corrected chi connectivity index (χ4v) is 17.8. The Morgan fingerprint density at radius 2 is 1.00 bits per heavy atom. The van der Waals surface area contributed by atoms with Crippen LogP contribution < -0.4 is 21.3 Å². The van der Waals surface area contributed by atoms with Crippen molar-refractivity contribution in [3.05, 3.63) is 247 Å². The van der Waals surface area contributed by atoms with Crippen molar-refractivity contribution in [3.8, 4) is 0 Å². The minimum Gasteiger partial charge on any atom is -0.310 e. The standard InChI is InChI=1S/C81H94BN/c1-51-43-67-68(78(11,12)49-77(67,9)10)46-63(51)54(4)64-47-69-70(80(15,16)50-79(69,13)14)48-72(64)82-71-44-57(81(17,18)56-28-22-19-23-29-56)36-38-62(71)61(37-34-55-35-39-66-73(53(55)3)76(7,8)41-40-75(66,5)6)65-45-60(42-52(2)74(65)82)83(58-30-24-20-25-31-58)59-32-26-21-27-33-59/h19-33,35-36,38-39,42-48,54,61H,34,37,40-41,49-50H2,1-18H3. The highest BCUT2D eigenvalue weighted by Gasteiger charge is 2.48. The van der Waals surface area contributed by atoms with Gasteiger partial charge in [-0.05, 0) is 212 Å². The van der Waals surface area contributed by atoms with Crippen molar-refractivity contribution in [2.75, 3.05) is 4.90 Å². The maximum Gasteiger partial charge on any atom is 0.242 e. The Kier molecular flexibility index (Phi) is 13.7. The Morgan fingerprint density at radius 1 is 0.470 bits per heavy atom. The molecule has 2 unspecified atom stereocenters. The van der Waals surface area contributed by atoms with Gasteiger partial charge in [0.2, 0.25) is 6.71 Å². The molecule has 0 amide bonds. The summed E-state index contributed by atoms with van der Waals surface area (Å²) in [7, 11) is 0. The van der Waals surface area contributed by atoms with Crippen LogP contribution in [0.1, 0.15) is 237 Å². The van der Waals surface area contributed by atoms with Crippen molar-refractivity contribution in [2.45, 2.75) is 213 Å². The Bertz CT molecular complexity index is 3790. The van der Waals surface area contributed by atoms with Gasteiger partial charge in [0, 0.05) is 34.3 Å². The van der Waals surface area contributed by atoms with Crippen molar-refractivity contribution in [1.82, 2.24) is 0 Å². The van der Waals surface area contributed by atoms with Gasteiger partial charge in [0.15, 0.2) is 0 Å². The SMILES string of the molecule is Cc1cc2c(cc1C(C)c1cc3c(cc1B1c4cc(C(C)(C)c5ccccc5)ccc4C(CCc4ccc5c(c4C)C(C)(C)CCC5(C)C)c4cc(N(c5ccccc5)c5ccccc5)cc(C)c41)C(C)(C)CC3(C)C)C(C)(C)CC2(C)C. The molecule has 0 saturated carbocycles. The molecule has 0 fully saturated rings. The van der Waals surface area contributed by atoms with Gasteiger partial charge in [-0.2, -0.15) is 0 Å². The van der Waals surface area contributed by atoms with Crippen molar-refractivity contribution < 1.29 is 0 Å². The van der Waals surface area contributed by atoms with E-state index in [9.17, 15) is 0 Å². The van der Waals surface area contributed by atoms with E-state index in [0.717, 1.165) is 25.7 Å². The smallest absolute Gasteiger partial charge is 0.242 e. The molecule has 0 N–H and O–H groups in total. The van der Waals surface area contributed by atoms with Gasteiger partial charge in [0.1, 0.15) is 0 Å². The normalized spacial score (nSPS) is 19.5. The summed E-state index contributed by atoms with van der Waals surface area (Å²) in [4.78, 5) is 2.50. The zero-order chi connectivity index (χ0) is 59.1. The Labute approximate surface area is 501 Å². The number of hydrogen-bond donors (Lipinski definition) is 0. The molecule has 83 heavy (non-hydrogen) atoms. The van der Waals surface area contributed by atoms with Gasteiger partial charge in [0.05, 0.1) is 0 Å². The molecule has 0 bridgehead atoms. The van der Waals surface area contributed by atoms with Gasteiger partial charge in [-0.25, -0.2) is 0 Å². The molecule has 8 aromatic rings. The minimum absolute atomic E-state index is 0.00966. The second-order valence-electron chi connectivity index (χ2n) is 31.1. The van der Waals surface area contributed by atoms with E-state index < -0.39 is 0 Å². The van der Waals surface area contributed by atoms with Gasteiger partial charge in [-0.3, -0.25) is 0 Å². The first-order valence-corrected chi connectivity index (χ1v) is 31.7. The van der Waals surface area contributed by atoms with E-state index in [1.165, 1.54) is 124 Å². The number of fused-ring (bicyclic) bond motifs is 5. The van der Waals surface area contributed by atoms with Crippen LogP contribution in [0.5, 0.6) is 0 Å². The molecule has 8 aromatic carbocycles. The monoisotopic (exact) mass is 1090 g/mol. The largest absolute Gasteiger partial charge is 0.310 e. The number of para-hydroxylation sites is 2. The fourth-order valence-electron chi connectivity index (χ4n) is 17.8. The third-order valence-electron chi connectivity index (χ3n) is 22.0. The highest BCUT2D eigenvalue weighted by molar-refractivity contribution is 6.97. The van der Waals surface area contributed by atoms with E-state index in [1.54, 1.807) is 11.1 Å². The van der Waals surface area contributed by atoms with Crippen molar-refractivity contribution in [2.24, 2.45) is 0 Å². The third-order valence-corrected chi connectivity index (χ3v) is 22.0. The Hall–Kier alpha value is -6.38. The van der Waals surface area contributed by atoms with E-state index >= 15 is 0 Å². The first-order valence-electron chi connectivity index (χ1n) is 31.7. The van der Waals surface area contributed by atoms with Gasteiger partial charge in [0.25, 0.3) is 0 Å². The Balaban J connectivity index is 1.15. The molecule has 2 heteroatoms. The summed E-state index contributed by atoms with van der Waals surface area (Å²) >= 11 is 0. The molecule has 1 nitrogen and oxygen atoms in total. The van der Waals surface area contributed by atoms with Crippen molar-refractivity contribution >= 4 is 40.2 Å². The number of hydrogen-bond acceptors (Lipinski definition) is 1. The lowest BCUT2D eigenvalue weighted by molar-refractivity contribution is 0.330. The number of rotatable bonds is 11. The lowest BCUT2D eigenvalue weighted by Crippen LogP contribution is -2.60. The molecule has 0 radical (unpaired) electrons. The molecule has 12 rings (SSSR count). The van der Waals surface area contributed by atoms with E-state index in [0.29, 0.717) is 0 Å². The number of anilines is 3. The molecule has 4 aliphatic rings. The molecular weight excluding hydrogens is 998 g/mol. The van der Waals surface area contributed by atoms with Crippen LogP contribution in [0.15, 0.2) is 158 Å². The maximum absolute atomic E-state index is 2.77. The number of benzene rings is 8. The fraction of sp³-hybridized carbons (Fsp3) is 0.407. The highest BCUT2D eigenvalue weighted by atomic mass is 15.1. The van der Waals surface area contributed by atoms with E-state index in [2.05, 4.69) is 287 Å². The quantitative estimate of drug-likeness (QED) is 0.117. The lowest BCUT2D eigenvalue weighted by Gasteiger charge is -2.43. The zero-order valence-electron chi connectivity index (χ0n) is 53.9. The average molecular weight is 1090 g/mol. The first kappa shape index (κ1) is 57.1. The van der Waals surface area contributed by atoms with Crippen LogP contribution in [0.25, 0.3) is 0 Å². The summed E-state index contributed by atoms with van der Waals surface area (Å²) in [5, 5.41) is 0. The van der Waals surface area contributed by atoms with E-state index in [4.69, 9.17) is 0 Å². The number of aryl methyl sites for hydroxylation is 3.